The molecule has 14 heavy (non-hydrogen) atoms. The molecule has 1 N–H and O–H groups in total. The number of ether oxygens (including phenoxy) is 1. The predicted molar refractivity (Wildman–Crippen MR) is 58.3 cm³/mol. The highest BCUT2D eigenvalue weighted by atomic mass is 16.5. The average Bonchev–Trinajstić information content (AvgIpc) is 2.20. The van der Waals surface area contributed by atoms with E-state index in [9.17, 15) is 5.11 Å². The summed E-state index contributed by atoms with van der Waals surface area (Å²) in [7, 11) is 0. The lowest BCUT2D eigenvalue weighted by molar-refractivity contribution is -0.154. The summed E-state index contributed by atoms with van der Waals surface area (Å²) in [6, 6.07) is 0. The van der Waals surface area contributed by atoms with Gasteiger partial charge in [-0.05, 0) is 32.1 Å². The fourth-order valence-electron chi connectivity index (χ4n) is 2.42. The first-order chi connectivity index (χ1) is 6.64. The third-order valence-corrected chi connectivity index (χ3v) is 3.62. The van der Waals surface area contributed by atoms with Crippen molar-refractivity contribution in [2.24, 2.45) is 5.92 Å². The number of hydrogen-bond acceptors (Lipinski definition) is 2. The van der Waals surface area contributed by atoms with Crippen LogP contribution in [0.25, 0.3) is 0 Å². The summed E-state index contributed by atoms with van der Waals surface area (Å²) in [5.41, 5.74) is -0.283. The molecule has 2 nitrogen and oxygen atoms in total. The SMILES string of the molecule is CCC(CC)C(O)C1(C)CCCCO1. The molecule has 0 aromatic carbocycles. The molecule has 1 fully saturated rings. The van der Waals surface area contributed by atoms with Crippen LogP contribution >= 0.6 is 0 Å². The van der Waals surface area contributed by atoms with Crippen LogP contribution in [0, 0.1) is 5.92 Å². The Bertz CT molecular complexity index is 158. The highest BCUT2D eigenvalue weighted by Crippen LogP contribution is 2.33. The molecule has 2 atom stereocenters. The lowest BCUT2D eigenvalue weighted by atomic mass is 9.81. The molecule has 0 bridgehead atoms. The van der Waals surface area contributed by atoms with Crippen molar-refractivity contribution in [3.63, 3.8) is 0 Å². The minimum absolute atomic E-state index is 0.283. The maximum Gasteiger partial charge on any atom is 0.0914 e. The number of hydrogen-bond donors (Lipinski definition) is 1. The molecule has 84 valence electrons. The predicted octanol–water partition coefficient (Wildman–Crippen LogP) is 2.74. The monoisotopic (exact) mass is 200 g/mol. The summed E-state index contributed by atoms with van der Waals surface area (Å²) in [5.74, 6) is 0.387. The van der Waals surface area contributed by atoms with Gasteiger partial charge in [0.2, 0.25) is 0 Å². The van der Waals surface area contributed by atoms with Gasteiger partial charge in [0.25, 0.3) is 0 Å². The summed E-state index contributed by atoms with van der Waals surface area (Å²) in [5, 5.41) is 10.3. The highest BCUT2D eigenvalue weighted by Gasteiger charge is 2.38. The summed E-state index contributed by atoms with van der Waals surface area (Å²) in [4.78, 5) is 0. The molecular weight excluding hydrogens is 176 g/mol. The van der Waals surface area contributed by atoms with Crippen molar-refractivity contribution in [1.29, 1.82) is 0 Å². The molecule has 2 unspecified atom stereocenters. The lowest BCUT2D eigenvalue weighted by Crippen LogP contribution is -2.48. The molecule has 0 aliphatic carbocycles. The molecule has 1 saturated heterocycles. The van der Waals surface area contributed by atoms with Crippen LogP contribution in [0.5, 0.6) is 0 Å². The zero-order valence-corrected chi connectivity index (χ0v) is 9.75. The van der Waals surface area contributed by atoms with Gasteiger partial charge in [-0.1, -0.05) is 26.7 Å². The van der Waals surface area contributed by atoms with E-state index in [1.807, 2.05) is 0 Å². The zero-order chi connectivity index (χ0) is 10.6. The van der Waals surface area contributed by atoms with Crippen LogP contribution in [0.4, 0.5) is 0 Å². The summed E-state index contributed by atoms with van der Waals surface area (Å²) >= 11 is 0. The van der Waals surface area contributed by atoms with Gasteiger partial charge < -0.3 is 9.84 Å². The molecule has 1 heterocycles. The Balaban J connectivity index is 2.59. The maximum absolute atomic E-state index is 10.3. The number of aliphatic hydroxyl groups is 1. The third-order valence-electron chi connectivity index (χ3n) is 3.62. The van der Waals surface area contributed by atoms with Gasteiger partial charge in [-0.15, -0.1) is 0 Å². The van der Waals surface area contributed by atoms with Gasteiger partial charge in [0, 0.05) is 6.61 Å². The van der Waals surface area contributed by atoms with E-state index < -0.39 is 0 Å². The van der Waals surface area contributed by atoms with Crippen molar-refractivity contribution < 1.29 is 9.84 Å². The first kappa shape index (κ1) is 12.0. The first-order valence-corrected chi connectivity index (χ1v) is 5.96. The summed E-state index contributed by atoms with van der Waals surface area (Å²) in [6.45, 7) is 7.16. The molecule has 2 heteroatoms. The first-order valence-electron chi connectivity index (χ1n) is 5.96. The van der Waals surface area contributed by atoms with E-state index >= 15 is 0 Å². The largest absolute Gasteiger partial charge is 0.390 e. The Kier molecular flexibility index (Phi) is 4.39. The summed E-state index contributed by atoms with van der Waals surface area (Å²) in [6.07, 6.45) is 5.12. The molecule has 0 spiro atoms. The fourth-order valence-corrected chi connectivity index (χ4v) is 2.42. The van der Waals surface area contributed by atoms with Gasteiger partial charge in [-0.25, -0.2) is 0 Å². The molecule has 0 aromatic heterocycles. The van der Waals surface area contributed by atoms with Gasteiger partial charge >= 0.3 is 0 Å². The van der Waals surface area contributed by atoms with E-state index in [-0.39, 0.29) is 11.7 Å². The zero-order valence-electron chi connectivity index (χ0n) is 9.75. The quantitative estimate of drug-likeness (QED) is 0.756. The Hall–Kier alpha value is -0.0800. The Morgan fingerprint density at radius 1 is 1.29 bits per heavy atom. The van der Waals surface area contributed by atoms with E-state index in [0.717, 1.165) is 32.3 Å². The third kappa shape index (κ3) is 2.48. The van der Waals surface area contributed by atoms with Crippen molar-refractivity contribution in [2.45, 2.75) is 64.6 Å². The minimum atomic E-state index is -0.294. The molecule has 1 aliphatic heterocycles. The second kappa shape index (κ2) is 5.13. The topological polar surface area (TPSA) is 29.5 Å². The molecular formula is C12H24O2. The second-order valence-electron chi connectivity index (χ2n) is 4.64. The van der Waals surface area contributed by atoms with Crippen molar-refractivity contribution in [3.05, 3.63) is 0 Å². The molecule has 1 aliphatic rings. The van der Waals surface area contributed by atoms with E-state index in [0.29, 0.717) is 5.92 Å². The normalized spacial score (nSPS) is 30.6. The maximum atomic E-state index is 10.3. The summed E-state index contributed by atoms with van der Waals surface area (Å²) < 4.78 is 5.76. The van der Waals surface area contributed by atoms with E-state index in [4.69, 9.17) is 4.74 Å². The molecule has 1 rings (SSSR count). The van der Waals surface area contributed by atoms with Crippen LogP contribution < -0.4 is 0 Å². The molecule has 0 aromatic rings. The van der Waals surface area contributed by atoms with Gasteiger partial charge in [0.1, 0.15) is 0 Å². The van der Waals surface area contributed by atoms with Crippen LogP contribution in [-0.4, -0.2) is 23.4 Å². The second-order valence-corrected chi connectivity index (χ2v) is 4.64. The molecule has 0 amide bonds. The van der Waals surface area contributed by atoms with Gasteiger partial charge in [-0.3, -0.25) is 0 Å². The highest BCUT2D eigenvalue weighted by molar-refractivity contribution is 4.89. The lowest BCUT2D eigenvalue weighted by Gasteiger charge is -2.41. The van der Waals surface area contributed by atoms with Crippen LogP contribution in [-0.2, 0) is 4.74 Å². The smallest absolute Gasteiger partial charge is 0.0914 e. The van der Waals surface area contributed by atoms with Crippen molar-refractivity contribution in [2.75, 3.05) is 6.61 Å². The van der Waals surface area contributed by atoms with Crippen molar-refractivity contribution in [1.82, 2.24) is 0 Å². The Morgan fingerprint density at radius 2 is 1.93 bits per heavy atom. The minimum Gasteiger partial charge on any atom is -0.390 e. The van der Waals surface area contributed by atoms with Crippen LogP contribution in [0.15, 0.2) is 0 Å². The standard InChI is InChI=1S/C12H24O2/c1-4-10(5-2)11(13)12(3)8-6-7-9-14-12/h10-11,13H,4-9H2,1-3H3. The molecule has 0 radical (unpaired) electrons. The fraction of sp³-hybridized carbons (Fsp3) is 1.00. The van der Waals surface area contributed by atoms with Crippen LogP contribution in [0.3, 0.4) is 0 Å². The van der Waals surface area contributed by atoms with Gasteiger partial charge in [0.05, 0.1) is 11.7 Å². The van der Waals surface area contributed by atoms with E-state index in [1.54, 1.807) is 0 Å². The Labute approximate surface area is 87.7 Å². The van der Waals surface area contributed by atoms with Crippen LogP contribution in [0.1, 0.15) is 52.9 Å². The van der Waals surface area contributed by atoms with Crippen molar-refractivity contribution in [3.8, 4) is 0 Å². The van der Waals surface area contributed by atoms with E-state index in [2.05, 4.69) is 20.8 Å². The Morgan fingerprint density at radius 3 is 2.36 bits per heavy atom. The number of aliphatic hydroxyl groups excluding tert-OH is 1. The van der Waals surface area contributed by atoms with Gasteiger partial charge in [0.15, 0.2) is 0 Å². The van der Waals surface area contributed by atoms with Gasteiger partial charge in [-0.2, -0.15) is 0 Å². The van der Waals surface area contributed by atoms with Crippen molar-refractivity contribution >= 4 is 0 Å². The average molecular weight is 200 g/mol. The molecule has 0 saturated carbocycles. The van der Waals surface area contributed by atoms with E-state index in [1.165, 1.54) is 6.42 Å². The van der Waals surface area contributed by atoms with Crippen LogP contribution in [0.2, 0.25) is 0 Å². The number of rotatable bonds is 4.